The van der Waals surface area contributed by atoms with Crippen LogP contribution in [0.2, 0.25) is 0 Å². The van der Waals surface area contributed by atoms with E-state index in [0.29, 0.717) is 24.6 Å². The van der Waals surface area contributed by atoms with E-state index in [-0.39, 0.29) is 5.91 Å². The van der Waals surface area contributed by atoms with Crippen molar-refractivity contribution in [3.05, 3.63) is 81.6 Å². The van der Waals surface area contributed by atoms with Crippen LogP contribution >= 0.6 is 15.9 Å². The fourth-order valence-electron chi connectivity index (χ4n) is 3.10. The molecule has 30 heavy (non-hydrogen) atoms. The standard InChI is InChI=1S/C21H22BrN7O/c1-14-4-6-17(7-5-14)11-28-12-18(10-23-28)24-21(30)19-8-9-27(26-19)13-29-16(3)20(22)15(2)25-29/h4-10,12H,11,13H2,1-3H3,(H,24,30). The van der Waals surface area contributed by atoms with Gasteiger partial charge in [0.25, 0.3) is 5.91 Å². The van der Waals surface area contributed by atoms with E-state index in [1.165, 1.54) is 5.56 Å². The van der Waals surface area contributed by atoms with Crippen molar-refractivity contribution in [1.82, 2.24) is 29.3 Å². The summed E-state index contributed by atoms with van der Waals surface area (Å²) < 4.78 is 6.29. The number of carbonyl (C=O) groups excluding carboxylic acids is 1. The maximum Gasteiger partial charge on any atom is 0.276 e. The molecule has 0 radical (unpaired) electrons. The molecule has 4 aromatic rings. The van der Waals surface area contributed by atoms with Gasteiger partial charge in [0, 0.05) is 12.4 Å². The van der Waals surface area contributed by atoms with Crippen LogP contribution in [-0.4, -0.2) is 35.2 Å². The highest BCUT2D eigenvalue weighted by molar-refractivity contribution is 9.10. The van der Waals surface area contributed by atoms with Crippen LogP contribution in [-0.2, 0) is 13.2 Å². The minimum atomic E-state index is -0.279. The van der Waals surface area contributed by atoms with Crippen LogP contribution in [0.15, 0.2) is 53.4 Å². The average molecular weight is 468 g/mol. The second kappa shape index (κ2) is 8.27. The second-order valence-electron chi connectivity index (χ2n) is 7.23. The minimum Gasteiger partial charge on any atom is -0.318 e. The van der Waals surface area contributed by atoms with Crippen LogP contribution < -0.4 is 5.32 Å². The second-order valence-corrected chi connectivity index (χ2v) is 8.03. The van der Waals surface area contributed by atoms with Crippen molar-refractivity contribution in [2.75, 3.05) is 5.32 Å². The Morgan fingerprint density at radius 1 is 1.07 bits per heavy atom. The Labute approximate surface area is 182 Å². The van der Waals surface area contributed by atoms with E-state index in [0.717, 1.165) is 21.4 Å². The van der Waals surface area contributed by atoms with E-state index < -0.39 is 0 Å². The lowest BCUT2D eigenvalue weighted by Crippen LogP contribution is -2.15. The number of rotatable bonds is 6. The van der Waals surface area contributed by atoms with Crippen LogP contribution in [0.3, 0.4) is 0 Å². The predicted octanol–water partition coefficient (Wildman–Crippen LogP) is 3.77. The molecule has 0 aliphatic carbocycles. The first-order valence-electron chi connectivity index (χ1n) is 9.51. The quantitative estimate of drug-likeness (QED) is 0.467. The fraction of sp³-hybridized carbons (Fsp3) is 0.238. The average Bonchev–Trinajstić information content (AvgIpc) is 3.42. The number of amides is 1. The highest BCUT2D eigenvalue weighted by Crippen LogP contribution is 2.19. The van der Waals surface area contributed by atoms with Crippen LogP contribution in [0, 0.1) is 20.8 Å². The Kier molecular flexibility index (Phi) is 5.54. The molecule has 4 rings (SSSR count). The van der Waals surface area contributed by atoms with Crippen LogP contribution in [0.1, 0.15) is 33.0 Å². The lowest BCUT2D eigenvalue weighted by atomic mass is 10.1. The third-order valence-corrected chi connectivity index (χ3v) is 5.95. The first-order valence-corrected chi connectivity index (χ1v) is 10.3. The van der Waals surface area contributed by atoms with E-state index in [9.17, 15) is 4.79 Å². The van der Waals surface area contributed by atoms with Gasteiger partial charge in [-0.2, -0.15) is 15.3 Å². The molecule has 9 heteroatoms. The lowest BCUT2D eigenvalue weighted by molar-refractivity contribution is 0.102. The molecule has 0 bridgehead atoms. The lowest BCUT2D eigenvalue weighted by Gasteiger charge is -2.04. The van der Waals surface area contributed by atoms with Gasteiger partial charge in [0.2, 0.25) is 0 Å². The van der Waals surface area contributed by atoms with Gasteiger partial charge >= 0.3 is 0 Å². The van der Waals surface area contributed by atoms with Crippen LogP contribution in [0.4, 0.5) is 5.69 Å². The third-order valence-electron chi connectivity index (χ3n) is 4.80. The molecule has 0 aliphatic heterocycles. The molecular formula is C21H22BrN7O. The van der Waals surface area contributed by atoms with Crippen molar-refractivity contribution in [3.63, 3.8) is 0 Å². The smallest absolute Gasteiger partial charge is 0.276 e. The molecule has 1 aromatic carbocycles. The summed E-state index contributed by atoms with van der Waals surface area (Å²) in [6.45, 7) is 7.05. The summed E-state index contributed by atoms with van der Waals surface area (Å²) in [7, 11) is 0. The first kappa shape index (κ1) is 20.1. The molecule has 3 aromatic heterocycles. The van der Waals surface area contributed by atoms with E-state index in [1.807, 2.05) is 24.7 Å². The number of nitrogens with zero attached hydrogens (tertiary/aromatic N) is 6. The van der Waals surface area contributed by atoms with Gasteiger partial charge in [-0.15, -0.1) is 0 Å². The largest absolute Gasteiger partial charge is 0.318 e. The number of halogens is 1. The van der Waals surface area contributed by atoms with E-state index in [2.05, 4.69) is 67.7 Å². The number of aromatic nitrogens is 6. The Morgan fingerprint density at radius 3 is 2.53 bits per heavy atom. The Bertz CT molecular complexity index is 1190. The Balaban J connectivity index is 1.39. The van der Waals surface area contributed by atoms with E-state index >= 15 is 0 Å². The normalized spacial score (nSPS) is 11.1. The topological polar surface area (TPSA) is 82.6 Å². The number of hydrogen-bond donors (Lipinski definition) is 1. The number of anilines is 1. The maximum absolute atomic E-state index is 12.6. The molecule has 0 saturated heterocycles. The number of benzene rings is 1. The summed E-state index contributed by atoms with van der Waals surface area (Å²) in [5.41, 5.74) is 5.26. The van der Waals surface area contributed by atoms with Crippen molar-refractivity contribution in [2.24, 2.45) is 0 Å². The molecule has 0 saturated carbocycles. The van der Waals surface area contributed by atoms with Crippen molar-refractivity contribution < 1.29 is 4.79 Å². The van der Waals surface area contributed by atoms with Gasteiger partial charge < -0.3 is 5.32 Å². The van der Waals surface area contributed by atoms with Gasteiger partial charge in [0.1, 0.15) is 6.67 Å². The van der Waals surface area contributed by atoms with Crippen LogP contribution in [0.25, 0.3) is 0 Å². The van der Waals surface area contributed by atoms with Crippen molar-refractivity contribution in [3.8, 4) is 0 Å². The monoisotopic (exact) mass is 467 g/mol. The third kappa shape index (κ3) is 4.35. The summed E-state index contributed by atoms with van der Waals surface area (Å²) in [6.07, 6.45) is 5.21. The van der Waals surface area contributed by atoms with Crippen molar-refractivity contribution >= 4 is 27.5 Å². The molecule has 1 N–H and O–H groups in total. The van der Waals surface area contributed by atoms with Gasteiger partial charge in [0.05, 0.1) is 34.3 Å². The Hall–Kier alpha value is -3.20. The van der Waals surface area contributed by atoms with Gasteiger partial charge in [-0.05, 0) is 48.3 Å². The number of nitrogens with one attached hydrogen (secondary N) is 1. The minimum absolute atomic E-state index is 0.279. The number of aryl methyl sites for hydroxylation is 2. The summed E-state index contributed by atoms with van der Waals surface area (Å²) in [5.74, 6) is -0.279. The SMILES string of the molecule is Cc1ccc(Cn2cc(NC(=O)c3ccn(Cn4nc(C)c(Br)c4C)n3)cn2)cc1. The van der Waals surface area contributed by atoms with E-state index in [1.54, 1.807) is 27.8 Å². The first-order chi connectivity index (χ1) is 14.4. The zero-order chi connectivity index (χ0) is 21.3. The Morgan fingerprint density at radius 2 is 1.83 bits per heavy atom. The zero-order valence-corrected chi connectivity index (χ0v) is 18.6. The number of hydrogen-bond acceptors (Lipinski definition) is 4. The molecule has 0 aliphatic rings. The summed E-state index contributed by atoms with van der Waals surface area (Å²) in [4.78, 5) is 12.6. The molecule has 3 heterocycles. The van der Waals surface area contributed by atoms with Gasteiger partial charge in [-0.3, -0.25) is 14.2 Å². The summed E-state index contributed by atoms with van der Waals surface area (Å²) in [5, 5.41) is 16.0. The highest BCUT2D eigenvalue weighted by Gasteiger charge is 2.13. The molecule has 0 fully saturated rings. The molecule has 1 amide bonds. The van der Waals surface area contributed by atoms with Crippen LogP contribution in [0.5, 0.6) is 0 Å². The van der Waals surface area contributed by atoms with Gasteiger partial charge in [-0.1, -0.05) is 29.8 Å². The fourth-order valence-corrected chi connectivity index (χ4v) is 3.39. The zero-order valence-electron chi connectivity index (χ0n) is 17.0. The molecule has 0 atom stereocenters. The van der Waals surface area contributed by atoms with Gasteiger partial charge in [0.15, 0.2) is 5.69 Å². The van der Waals surface area contributed by atoms with E-state index in [4.69, 9.17) is 0 Å². The van der Waals surface area contributed by atoms with Crippen molar-refractivity contribution in [1.29, 1.82) is 0 Å². The van der Waals surface area contributed by atoms with Gasteiger partial charge in [-0.25, -0.2) is 4.68 Å². The summed E-state index contributed by atoms with van der Waals surface area (Å²) >= 11 is 3.52. The van der Waals surface area contributed by atoms with Crippen molar-refractivity contribution in [2.45, 2.75) is 34.0 Å². The molecule has 8 nitrogen and oxygen atoms in total. The number of carbonyl (C=O) groups is 1. The maximum atomic E-state index is 12.6. The molecule has 154 valence electrons. The molecular weight excluding hydrogens is 446 g/mol. The summed E-state index contributed by atoms with van der Waals surface area (Å²) in [6, 6.07) is 9.98. The molecule has 0 unspecified atom stereocenters. The predicted molar refractivity (Wildman–Crippen MR) is 117 cm³/mol. The molecule has 0 spiro atoms. The highest BCUT2D eigenvalue weighted by atomic mass is 79.9.